The maximum atomic E-state index is 13.0. The van der Waals surface area contributed by atoms with Crippen molar-refractivity contribution < 1.29 is 29.7 Å². The Hall–Kier alpha value is -2.25. The Morgan fingerprint density at radius 3 is 1.85 bits per heavy atom. The van der Waals surface area contributed by atoms with Crippen LogP contribution in [0.5, 0.6) is 0 Å². The molecule has 0 bridgehead atoms. The number of Topliss-reactive ketones (excluding diaryl/α,β-unsaturated/α-hetero) is 1. The molecule has 0 aliphatic heterocycles. The van der Waals surface area contributed by atoms with Gasteiger partial charge < -0.3 is 20.1 Å². The van der Waals surface area contributed by atoms with Crippen LogP contribution < -0.4 is 10.9 Å². The van der Waals surface area contributed by atoms with Crippen molar-refractivity contribution in [2.24, 2.45) is 0 Å². The lowest BCUT2D eigenvalue weighted by Crippen LogP contribution is -2.34. The largest absolute Gasteiger partial charge is 0.488 e. The third-order valence-corrected chi connectivity index (χ3v) is 4.71. The van der Waals surface area contributed by atoms with Gasteiger partial charge in [-0.25, -0.2) is 0 Å². The highest BCUT2D eigenvalue weighted by molar-refractivity contribution is 6.59. The quantitative estimate of drug-likeness (QED) is 0.421. The molecule has 6 nitrogen and oxygen atoms in total. The van der Waals surface area contributed by atoms with Crippen LogP contribution >= 0.6 is 0 Å². The van der Waals surface area contributed by atoms with Gasteiger partial charge in [0.15, 0.2) is 11.6 Å². The summed E-state index contributed by atoms with van der Waals surface area (Å²) < 4.78 is 0. The number of carbonyl (C=O) groups excluding carboxylic acids is 2. The summed E-state index contributed by atoms with van der Waals surface area (Å²) in [5.74, 6) is -0.762. The molecule has 26 heavy (non-hydrogen) atoms. The van der Waals surface area contributed by atoms with E-state index in [0.717, 1.165) is 5.56 Å². The molecule has 0 spiro atoms. The predicted octanol–water partition coefficient (Wildman–Crippen LogP) is -0.595. The lowest BCUT2D eigenvalue weighted by molar-refractivity contribution is 0.101. The van der Waals surface area contributed by atoms with Gasteiger partial charge in [0.25, 0.3) is 0 Å². The molecular formula is C18H20B2O6. The number of rotatable bonds is 5. The highest BCUT2D eigenvalue weighted by atomic mass is 16.4. The topological polar surface area (TPSA) is 115 Å². The van der Waals surface area contributed by atoms with E-state index in [0.29, 0.717) is 11.1 Å². The summed E-state index contributed by atoms with van der Waals surface area (Å²) in [6.07, 6.45) is 0. The van der Waals surface area contributed by atoms with E-state index in [-0.39, 0.29) is 33.4 Å². The Balaban J connectivity index is 2.68. The van der Waals surface area contributed by atoms with Gasteiger partial charge in [0.05, 0.1) is 0 Å². The average Bonchev–Trinajstić information content (AvgIpc) is 2.58. The Morgan fingerprint density at radius 1 is 0.769 bits per heavy atom. The summed E-state index contributed by atoms with van der Waals surface area (Å²) >= 11 is 0. The Labute approximate surface area is 152 Å². The van der Waals surface area contributed by atoms with E-state index in [4.69, 9.17) is 0 Å². The monoisotopic (exact) mass is 354 g/mol. The van der Waals surface area contributed by atoms with Crippen LogP contribution in [0, 0.1) is 20.8 Å². The van der Waals surface area contributed by atoms with Crippen LogP contribution in [0.4, 0.5) is 0 Å². The van der Waals surface area contributed by atoms with E-state index >= 15 is 0 Å². The minimum atomic E-state index is -1.82. The average molecular weight is 354 g/mol. The van der Waals surface area contributed by atoms with Gasteiger partial charge in [-0.3, -0.25) is 9.59 Å². The number of hydrogen-bond acceptors (Lipinski definition) is 6. The Morgan fingerprint density at radius 2 is 1.35 bits per heavy atom. The summed E-state index contributed by atoms with van der Waals surface area (Å²) in [7, 11) is -3.55. The van der Waals surface area contributed by atoms with Gasteiger partial charge in [-0.2, -0.15) is 0 Å². The van der Waals surface area contributed by atoms with E-state index < -0.39 is 20.0 Å². The summed E-state index contributed by atoms with van der Waals surface area (Å²) in [6.45, 7) is 6.59. The van der Waals surface area contributed by atoms with Gasteiger partial charge in [0, 0.05) is 16.7 Å². The van der Waals surface area contributed by atoms with Crippen molar-refractivity contribution in [2.45, 2.75) is 27.7 Å². The van der Waals surface area contributed by atoms with E-state index in [2.05, 4.69) is 0 Å². The molecule has 2 aromatic rings. The van der Waals surface area contributed by atoms with Crippen molar-refractivity contribution in [1.82, 2.24) is 0 Å². The van der Waals surface area contributed by atoms with Gasteiger partial charge in [-0.1, -0.05) is 18.2 Å². The molecule has 0 aliphatic carbocycles. The van der Waals surface area contributed by atoms with Crippen molar-refractivity contribution in [3.8, 4) is 0 Å². The minimum absolute atomic E-state index is 0.0324. The first kappa shape index (κ1) is 20.1. The SMILES string of the molecule is CC(=O)c1cc(B(O)O)cc(C(=O)c2cc(B(O)O)c(C)c(C)c2C)c1. The molecule has 0 amide bonds. The fourth-order valence-corrected chi connectivity index (χ4v) is 2.87. The number of carbonyl (C=O) groups is 2. The molecule has 8 heteroatoms. The maximum absolute atomic E-state index is 13.0. The smallest absolute Gasteiger partial charge is 0.423 e. The van der Waals surface area contributed by atoms with Crippen LogP contribution in [0.1, 0.15) is 49.9 Å². The van der Waals surface area contributed by atoms with Crippen molar-refractivity contribution >= 4 is 36.7 Å². The molecule has 0 unspecified atom stereocenters. The molecule has 0 fully saturated rings. The molecule has 0 radical (unpaired) electrons. The molecule has 0 heterocycles. The van der Waals surface area contributed by atoms with Crippen molar-refractivity contribution in [3.05, 3.63) is 57.6 Å². The Bertz CT molecular complexity index is 890. The number of benzene rings is 2. The van der Waals surface area contributed by atoms with Crippen LogP contribution in [0.2, 0.25) is 0 Å². The van der Waals surface area contributed by atoms with Crippen LogP contribution in [-0.2, 0) is 0 Å². The first-order valence-corrected chi connectivity index (χ1v) is 8.08. The lowest BCUT2D eigenvalue weighted by Gasteiger charge is -2.16. The summed E-state index contributed by atoms with van der Waals surface area (Å²) in [5, 5.41) is 38.0. The van der Waals surface area contributed by atoms with E-state index in [1.54, 1.807) is 20.8 Å². The van der Waals surface area contributed by atoms with E-state index in [9.17, 15) is 29.7 Å². The summed E-state index contributed by atoms with van der Waals surface area (Å²) in [5.41, 5.74) is 2.92. The van der Waals surface area contributed by atoms with Crippen LogP contribution in [0.3, 0.4) is 0 Å². The van der Waals surface area contributed by atoms with Gasteiger partial charge in [-0.15, -0.1) is 0 Å². The first-order chi connectivity index (χ1) is 12.0. The van der Waals surface area contributed by atoms with E-state index in [1.165, 1.54) is 31.2 Å². The molecule has 2 aromatic carbocycles. The third-order valence-electron chi connectivity index (χ3n) is 4.71. The zero-order valence-electron chi connectivity index (χ0n) is 15.1. The molecule has 2 rings (SSSR count). The highest BCUT2D eigenvalue weighted by Gasteiger charge is 2.24. The second kappa shape index (κ2) is 7.55. The number of ketones is 2. The minimum Gasteiger partial charge on any atom is -0.423 e. The molecule has 134 valence electrons. The van der Waals surface area contributed by atoms with E-state index in [1.807, 2.05) is 0 Å². The molecule has 0 atom stereocenters. The second-order valence-corrected chi connectivity index (χ2v) is 6.36. The van der Waals surface area contributed by atoms with Gasteiger partial charge in [0.1, 0.15) is 0 Å². The van der Waals surface area contributed by atoms with Gasteiger partial charge in [0.2, 0.25) is 0 Å². The molecule has 4 N–H and O–H groups in total. The van der Waals surface area contributed by atoms with Gasteiger partial charge in [-0.05, 0) is 61.4 Å². The summed E-state index contributed by atoms with van der Waals surface area (Å²) in [4.78, 5) is 24.7. The summed E-state index contributed by atoms with van der Waals surface area (Å²) in [6, 6.07) is 5.43. The second-order valence-electron chi connectivity index (χ2n) is 6.36. The third kappa shape index (κ3) is 3.78. The van der Waals surface area contributed by atoms with Crippen molar-refractivity contribution in [2.75, 3.05) is 0 Å². The molecule has 0 aromatic heterocycles. The fraction of sp³-hybridized carbons (Fsp3) is 0.222. The predicted molar refractivity (Wildman–Crippen MR) is 100 cm³/mol. The Kier molecular flexibility index (Phi) is 5.83. The molecule has 0 aliphatic rings. The highest BCUT2D eigenvalue weighted by Crippen LogP contribution is 2.20. The lowest BCUT2D eigenvalue weighted by atomic mass is 9.73. The maximum Gasteiger partial charge on any atom is 0.488 e. The van der Waals surface area contributed by atoms with Crippen molar-refractivity contribution in [1.29, 1.82) is 0 Å². The van der Waals surface area contributed by atoms with Gasteiger partial charge >= 0.3 is 14.2 Å². The fourth-order valence-electron chi connectivity index (χ4n) is 2.87. The zero-order chi connectivity index (χ0) is 19.8. The molecule has 0 saturated carbocycles. The normalized spacial score (nSPS) is 10.6. The zero-order valence-corrected chi connectivity index (χ0v) is 15.1. The van der Waals surface area contributed by atoms with Crippen LogP contribution in [0.15, 0.2) is 24.3 Å². The van der Waals surface area contributed by atoms with Crippen molar-refractivity contribution in [3.63, 3.8) is 0 Å². The van der Waals surface area contributed by atoms with Crippen LogP contribution in [0.25, 0.3) is 0 Å². The molecular weight excluding hydrogens is 334 g/mol. The van der Waals surface area contributed by atoms with Crippen LogP contribution in [-0.4, -0.2) is 45.9 Å². The molecule has 0 saturated heterocycles. The standard InChI is InChI=1S/C18H20B2O6/c1-9-10(2)16(8-17(11(9)3)20(25)26)18(22)14-5-13(12(4)21)6-15(7-14)19(23)24/h5-8,23-26H,1-4H3. The number of hydrogen-bond donors (Lipinski definition) is 4. The first-order valence-electron chi connectivity index (χ1n) is 8.08.